The molecule has 0 saturated carbocycles. The smallest absolute Gasteiger partial charge is 0.179 e. The molecule has 0 saturated heterocycles. The second kappa shape index (κ2) is 6.45. The van der Waals surface area contributed by atoms with Gasteiger partial charge in [0, 0.05) is 21.4 Å². The van der Waals surface area contributed by atoms with E-state index in [2.05, 4.69) is 18.2 Å². The maximum atomic E-state index is 6.13. The average Bonchev–Trinajstić information content (AvgIpc) is 2.73. The predicted octanol–water partition coefficient (Wildman–Crippen LogP) is 6.17. The lowest BCUT2D eigenvalue weighted by Gasteiger charge is -2.09. The lowest BCUT2D eigenvalue weighted by atomic mass is 10.1. The molecule has 0 atom stereocenters. The molecule has 5 rings (SSSR count). The molecule has 0 bridgehead atoms. The first kappa shape index (κ1) is 15.9. The van der Waals surface area contributed by atoms with Gasteiger partial charge >= 0.3 is 0 Å². The molecule has 0 N–H and O–H groups in total. The summed E-state index contributed by atoms with van der Waals surface area (Å²) in [6.45, 7) is 0. The van der Waals surface area contributed by atoms with Crippen LogP contribution in [0.4, 0.5) is 0 Å². The average molecular weight is 368 g/mol. The zero-order chi connectivity index (χ0) is 18.2. The molecular weight excluding hydrogens is 354 g/mol. The Morgan fingerprint density at radius 2 is 1.41 bits per heavy atom. The van der Waals surface area contributed by atoms with Crippen molar-refractivity contribution in [1.29, 1.82) is 0 Å². The van der Waals surface area contributed by atoms with Crippen LogP contribution in [0.3, 0.4) is 0 Å². The fourth-order valence-corrected chi connectivity index (χ4v) is 3.39. The monoisotopic (exact) mass is 367 g/mol. The summed E-state index contributed by atoms with van der Waals surface area (Å²) < 4.78 is 0. The summed E-state index contributed by atoms with van der Waals surface area (Å²) >= 11 is 6.13. The molecule has 0 fully saturated rings. The van der Waals surface area contributed by atoms with Gasteiger partial charge in [0.2, 0.25) is 0 Å². The molecule has 0 aliphatic rings. The summed E-state index contributed by atoms with van der Waals surface area (Å²) in [6, 6.07) is 27.9. The van der Waals surface area contributed by atoms with E-state index >= 15 is 0 Å². The topological polar surface area (TPSA) is 38.7 Å². The van der Waals surface area contributed by atoms with E-state index in [-0.39, 0.29) is 0 Å². The number of fused-ring (bicyclic) bond motifs is 2. The first-order valence-corrected chi connectivity index (χ1v) is 9.05. The van der Waals surface area contributed by atoms with Gasteiger partial charge in [-0.3, -0.25) is 0 Å². The van der Waals surface area contributed by atoms with Gasteiger partial charge in [-0.1, -0.05) is 72.3 Å². The highest BCUT2D eigenvalue weighted by molar-refractivity contribution is 6.31. The Morgan fingerprint density at radius 1 is 0.630 bits per heavy atom. The van der Waals surface area contributed by atoms with Crippen LogP contribution in [0.5, 0.6) is 0 Å². The third-order valence-electron chi connectivity index (χ3n) is 4.53. The number of hydrogen-bond acceptors (Lipinski definition) is 3. The molecule has 0 amide bonds. The van der Waals surface area contributed by atoms with Gasteiger partial charge in [-0.15, -0.1) is 0 Å². The molecule has 128 valence electrons. The van der Waals surface area contributed by atoms with Crippen LogP contribution in [-0.2, 0) is 0 Å². The molecule has 3 aromatic carbocycles. The largest absolute Gasteiger partial charge is 0.244 e. The van der Waals surface area contributed by atoms with Crippen LogP contribution in [0.15, 0.2) is 84.9 Å². The summed E-state index contributed by atoms with van der Waals surface area (Å²) in [6.07, 6.45) is 0. The first-order valence-electron chi connectivity index (χ1n) is 8.67. The third kappa shape index (κ3) is 2.92. The molecule has 27 heavy (non-hydrogen) atoms. The van der Waals surface area contributed by atoms with E-state index in [0.29, 0.717) is 10.8 Å². The van der Waals surface area contributed by atoms with E-state index < -0.39 is 0 Å². The van der Waals surface area contributed by atoms with E-state index in [1.54, 1.807) is 0 Å². The van der Waals surface area contributed by atoms with Gasteiger partial charge in [0.25, 0.3) is 0 Å². The Bertz CT molecular complexity index is 1280. The zero-order valence-electron chi connectivity index (χ0n) is 14.3. The van der Waals surface area contributed by atoms with Crippen LogP contribution in [0.25, 0.3) is 44.6 Å². The fourth-order valence-electron chi connectivity index (χ4n) is 3.22. The van der Waals surface area contributed by atoms with Gasteiger partial charge in [-0.2, -0.15) is 0 Å². The third-order valence-corrected chi connectivity index (χ3v) is 4.77. The number of benzene rings is 3. The molecule has 3 nitrogen and oxygen atoms in total. The summed E-state index contributed by atoms with van der Waals surface area (Å²) in [7, 11) is 0. The standard InChI is InChI=1S/C23H14ClN3/c24-17-12-10-15-11-13-20(25-21(15)14-17)23-26-19-9-5-4-8-18(19)22(27-23)16-6-2-1-3-7-16/h1-14H. The van der Waals surface area contributed by atoms with Crippen molar-refractivity contribution < 1.29 is 0 Å². The number of pyridine rings is 1. The van der Waals surface area contributed by atoms with E-state index in [4.69, 9.17) is 26.6 Å². The number of aromatic nitrogens is 3. The van der Waals surface area contributed by atoms with Gasteiger partial charge in [-0.25, -0.2) is 15.0 Å². The van der Waals surface area contributed by atoms with Gasteiger partial charge in [0.15, 0.2) is 5.82 Å². The predicted molar refractivity (Wildman–Crippen MR) is 111 cm³/mol. The van der Waals surface area contributed by atoms with Crippen molar-refractivity contribution in [3.63, 3.8) is 0 Å². The first-order chi connectivity index (χ1) is 13.3. The number of para-hydroxylation sites is 1. The lowest BCUT2D eigenvalue weighted by molar-refractivity contribution is 1.19. The van der Waals surface area contributed by atoms with Crippen LogP contribution in [-0.4, -0.2) is 15.0 Å². The summed E-state index contributed by atoms with van der Waals surface area (Å²) in [5.41, 5.74) is 4.42. The summed E-state index contributed by atoms with van der Waals surface area (Å²) in [5, 5.41) is 2.72. The van der Waals surface area contributed by atoms with Crippen molar-refractivity contribution in [2.45, 2.75) is 0 Å². The molecule has 0 spiro atoms. The van der Waals surface area contributed by atoms with Crippen molar-refractivity contribution in [2.24, 2.45) is 0 Å². The second-order valence-electron chi connectivity index (χ2n) is 6.31. The highest BCUT2D eigenvalue weighted by atomic mass is 35.5. The SMILES string of the molecule is Clc1ccc2ccc(-c3nc(-c4ccccc4)c4ccccc4n3)nc2c1. The van der Waals surface area contributed by atoms with Crippen molar-refractivity contribution in [3.8, 4) is 22.8 Å². The number of rotatable bonds is 2. The van der Waals surface area contributed by atoms with Crippen molar-refractivity contribution >= 4 is 33.4 Å². The minimum absolute atomic E-state index is 0.606. The summed E-state index contributed by atoms with van der Waals surface area (Å²) in [5.74, 6) is 0.606. The minimum Gasteiger partial charge on any atom is -0.244 e. The maximum absolute atomic E-state index is 6.13. The van der Waals surface area contributed by atoms with Gasteiger partial charge in [0.05, 0.1) is 16.7 Å². The van der Waals surface area contributed by atoms with E-state index in [1.165, 1.54) is 0 Å². The van der Waals surface area contributed by atoms with E-state index in [0.717, 1.165) is 38.8 Å². The van der Waals surface area contributed by atoms with Gasteiger partial charge in [0.1, 0.15) is 5.69 Å². The Morgan fingerprint density at radius 3 is 2.30 bits per heavy atom. The van der Waals surface area contributed by atoms with E-state index in [1.807, 2.05) is 66.7 Å². The maximum Gasteiger partial charge on any atom is 0.179 e. The molecule has 2 aromatic heterocycles. The van der Waals surface area contributed by atoms with Crippen molar-refractivity contribution in [3.05, 3.63) is 90.0 Å². The Labute approximate surface area is 161 Å². The minimum atomic E-state index is 0.606. The molecular formula is C23H14ClN3. The highest BCUT2D eigenvalue weighted by Gasteiger charge is 2.12. The van der Waals surface area contributed by atoms with Crippen LogP contribution in [0, 0.1) is 0 Å². The molecule has 0 radical (unpaired) electrons. The molecule has 0 aliphatic heterocycles. The lowest BCUT2D eigenvalue weighted by Crippen LogP contribution is -1.96. The van der Waals surface area contributed by atoms with Crippen LogP contribution < -0.4 is 0 Å². The number of halogens is 1. The second-order valence-corrected chi connectivity index (χ2v) is 6.75. The summed E-state index contributed by atoms with van der Waals surface area (Å²) in [4.78, 5) is 14.4. The fraction of sp³-hybridized carbons (Fsp3) is 0. The molecule has 4 heteroatoms. The van der Waals surface area contributed by atoms with Crippen molar-refractivity contribution in [1.82, 2.24) is 15.0 Å². The Kier molecular flexibility index (Phi) is 3.80. The number of hydrogen-bond donors (Lipinski definition) is 0. The molecule has 0 aliphatic carbocycles. The molecule has 5 aromatic rings. The zero-order valence-corrected chi connectivity index (χ0v) is 15.1. The Balaban J connectivity index is 1.77. The molecule has 0 unspecified atom stereocenters. The van der Waals surface area contributed by atoms with Crippen LogP contribution in [0.2, 0.25) is 5.02 Å². The van der Waals surface area contributed by atoms with Crippen LogP contribution in [0.1, 0.15) is 0 Å². The van der Waals surface area contributed by atoms with Gasteiger partial charge < -0.3 is 0 Å². The number of nitrogens with zero attached hydrogens (tertiary/aromatic N) is 3. The van der Waals surface area contributed by atoms with Gasteiger partial charge in [-0.05, 0) is 24.3 Å². The highest BCUT2D eigenvalue weighted by Crippen LogP contribution is 2.29. The van der Waals surface area contributed by atoms with E-state index in [9.17, 15) is 0 Å². The quantitative estimate of drug-likeness (QED) is 0.374. The van der Waals surface area contributed by atoms with Crippen molar-refractivity contribution in [2.75, 3.05) is 0 Å². The normalized spacial score (nSPS) is 11.1. The Hall–Kier alpha value is -3.30. The molecule has 2 heterocycles. The van der Waals surface area contributed by atoms with Crippen LogP contribution >= 0.6 is 11.6 Å².